The van der Waals surface area contributed by atoms with Crippen molar-refractivity contribution in [3.63, 3.8) is 0 Å². The quantitative estimate of drug-likeness (QED) is 0.724. The van der Waals surface area contributed by atoms with Gasteiger partial charge in [0.05, 0.1) is 6.54 Å². The number of carbonyl (C=O) groups is 1. The molecule has 2 N–H and O–H groups in total. The molecule has 1 aromatic carbocycles. The minimum atomic E-state index is -0.155. The fraction of sp³-hybridized carbons (Fsp3) is 0.176. The van der Waals surface area contributed by atoms with Crippen LogP contribution in [0.1, 0.15) is 5.56 Å². The Hall–Kier alpha value is -3.06. The van der Waals surface area contributed by atoms with Gasteiger partial charge >= 0.3 is 0 Å². The van der Waals surface area contributed by atoms with Crippen LogP contribution in [-0.4, -0.2) is 44.6 Å². The maximum Gasteiger partial charge on any atom is 0.240 e. The van der Waals surface area contributed by atoms with E-state index >= 15 is 0 Å². The lowest BCUT2D eigenvalue weighted by Crippen LogP contribution is -2.30. The predicted molar refractivity (Wildman–Crippen MR) is 91.0 cm³/mol. The zero-order valence-electron chi connectivity index (χ0n) is 13.3. The number of pyridine rings is 1. The fourth-order valence-corrected chi connectivity index (χ4v) is 2.30. The Kier molecular flexibility index (Phi) is 4.93. The van der Waals surface area contributed by atoms with Gasteiger partial charge in [-0.3, -0.25) is 20.0 Å². The van der Waals surface area contributed by atoms with Crippen LogP contribution in [0.5, 0.6) is 0 Å². The highest BCUT2D eigenvalue weighted by Gasteiger charge is 2.11. The smallest absolute Gasteiger partial charge is 0.240 e. The van der Waals surface area contributed by atoms with Crippen molar-refractivity contribution < 1.29 is 4.79 Å². The maximum atomic E-state index is 12.1. The van der Waals surface area contributed by atoms with Crippen molar-refractivity contribution in [2.45, 2.75) is 6.54 Å². The van der Waals surface area contributed by atoms with E-state index in [1.54, 1.807) is 6.20 Å². The lowest BCUT2D eigenvalue weighted by Gasteiger charge is -2.15. The molecular weight excluding hydrogens is 304 g/mol. The Morgan fingerprint density at radius 2 is 1.92 bits per heavy atom. The van der Waals surface area contributed by atoms with Gasteiger partial charge in [0.2, 0.25) is 11.9 Å². The summed E-state index contributed by atoms with van der Waals surface area (Å²) in [5.74, 6) is 0.675. The number of rotatable bonds is 6. The number of amides is 1. The molecule has 1 amide bonds. The summed E-state index contributed by atoms with van der Waals surface area (Å²) < 4.78 is 0. The molecule has 122 valence electrons. The molecule has 0 bridgehead atoms. The Morgan fingerprint density at radius 1 is 1.12 bits per heavy atom. The minimum Gasteiger partial charge on any atom is -0.306 e. The van der Waals surface area contributed by atoms with Crippen LogP contribution < -0.4 is 5.32 Å². The lowest BCUT2D eigenvalue weighted by molar-refractivity contribution is -0.117. The first-order chi connectivity index (χ1) is 11.7. The van der Waals surface area contributed by atoms with E-state index in [1.807, 2.05) is 60.5 Å². The summed E-state index contributed by atoms with van der Waals surface area (Å²) in [6.45, 7) is 0.957. The number of nitrogens with zero attached hydrogens (tertiary/aromatic N) is 4. The molecule has 0 atom stereocenters. The van der Waals surface area contributed by atoms with Gasteiger partial charge in [-0.25, -0.2) is 0 Å². The van der Waals surface area contributed by atoms with Crippen molar-refractivity contribution in [2.75, 3.05) is 18.9 Å². The molecule has 0 unspecified atom stereocenters. The van der Waals surface area contributed by atoms with E-state index in [1.165, 1.54) is 0 Å². The lowest BCUT2D eigenvalue weighted by atomic mass is 10.2. The first-order valence-electron chi connectivity index (χ1n) is 7.57. The highest BCUT2D eigenvalue weighted by atomic mass is 16.2. The van der Waals surface area contributed by atoms with Gasteiger partial charge in [0, 0.05) is 12.7 Å². The molecule has 3 aromatic rings. The summed E-state index contributed by atoms with van der Waals surface area (Å²) in [5.41, 5.74) is 1.83. The van der Waals surface area contributed by atoms with E-state index in [-0.39, 0.29) is 12.5 Å². The summed E-state index contributed by atoms with van der Waals surface area (Å²) in [5, 5.41) is 10.6. The predicted octanol–water partition coefficient (Wildman–Crippen LogP) is 1.94. The van der Waals surface area contributed by atoms with E-state index < -0.39 is 0 Å². The summed E-state index contributed by atoms with van der Waals surface area (Å²) in [7, 11) is 1.90. The van der Waals surface area contributed by atoms with Crippen LogP contribution >= 0.6 is 0 Å². The molecule has 3 rings (SSSR count). The van der Waals surface area contributed by atoms with Crippen molar-refractivity contribution in [1.29, 1.82) is 0 Å². The Balaban J connectivity index is 1.54. The first-order valence-corrected chi connectivity index (χ1v) is 7.57. The van der Waals surface area contributed by atoms with Crippen molar-refractivity contribution in [3.05, 3.63) is 60.3 Å². The minimum absolute atomic E-state index is 0.155. The van der Waals surface area contributed by atoms with Crippen molar-refractivity contribution in [2.24, 2.45) is 0 Å². The number of H-pyrrole nitrogens is 1. The summed E-state index contributed by atoms with van der Waals surface area (Å²) in [4.78, 5) is 21.2. The molecule has 0 spiro atoms. The van der Waals surface area contributed by atoms with Gasteiger partial charge < -0.3 is 4.98 Å². The zero-order valence-corrected chi connectivity index (χ0v) is 13.3. The SMILES string of the molecule is CN(CC(=O)Nc1nnc(-c2ccccn2)[nH]1)Cc1ccccc1. The number of anilines is 1. The second-order valence-corrected chi connectivity index (χ2v) is 5.44. The Morgan fingerprint density at radius 3 is 2.67 bits per heavy atom. The van der Waals surface area contributed by atoms with E-state index in [0.717, 1.165) is 5.56 Å². The average molecular weight is 322 g/mol. The molecule has 0 aliphatic rings. The molecule has 7 heteroatoms. The third-order valence-corrected chi connectivity index (χ3v) is 3.36. The highest BCUT2D eigenvalue weighted by Crippen LogP contribution is 2.12. The van der Waals surface area contributed by atoms with Crippen molar-refractivity contribution >= 4 is 11.9 Å². The standard InChI is InChI=1S/C17H18N6O/c1-23(11-13-7-3-2-4-8-13)12-15(24)19-17-20-16(21-22-17)14-9-5-6-10-18-14/h2-10H,11-12H2,1H3,(H2,19,20,21,22,24). The highest BCUT2D eigenvalue weighted by molar-refractivity contribution is 5.90. The molecule has 0 aliphatic heterocycles. The number of benzene rings is 1. The van der Waals surface area contributed by atoms with Gasteiger partial charge in [-0.05, 0) is 24.7 Å². The average Bonchev–Trinajstić information content (AvgIpc) is 3.04. The number of aromatic amines is 1. The van der Waals surface area contributed by atoms with Crippen LogP contribution in [0.25, 0.3) is 11.5 Å². The van der Waals surface area contributed by atoms with Gasteiger partial charge in [-0.1, -0.05) is 36.4 Å². The molecule has 24 heavy (non-hydrogen) atoms. The summed E-state index contributed by atoms with van der Waals surface area (Å²) in [6.07, 6.45) is 1.68. The second kappa shape index (κ2) is 7.47. The summed E-state index contributed by atoms with van der Waals surface area (Å²) in [6, 6.07) is 15.5. The normalized spacial score (nSPS) is 10.8. The van der Waals surface area contributed by atoms with Crippen LogP contribution in [0.15, 0.2) is 54.7 Å². The molecule has 0 fully saturated rings. The van der Waals surface area contributed by atoms with Gasteiger partial charge in [0.15, 0.2) is 5.82 Å². The molecular formula is C17H18N6O. The van der Waals surface area contributed by atoms with Gasteiger partial charge in [0.1, 0.15) is 5.69 Å². The maximum absolute atomic E-state index is 12.1. The molecule has 0 saturated heterocycles. The van der Waals surface area contributed by atoms with Gasteiger partial charge in [0.25, 0.3) is 0 Å². The Bertz CT molecular complexity index is 787. The third-order valence-electron chi connectivity index (χ3n) is 3.36. The van der Waals surface area contributed by atoms with Crippen LogP contribution in [0.4, 0.5) is 5.95 Å². The molecule has 7 nitrogen and oxygen atoms in total. The first kappa shape index (κ1) is 15.8. The number of hydrogen-bond acceptors (Lipinski definition) is 5. The van der Waals surface area contributed by atoms with Crippen LogP contribution in [-0.2, 0) is 11.3 Å². The number of likely N-dealkylation sites (N-methyl/N-ethyl adjacent to an activating group) is 1. The van der Waals surface area contributed by atoms with Crippen molar-refractivity contribution in [3.8, 4) is 11.5 Å². The number of aromatic nitrogens is 4. The number of carbonyl (C=O) groups excluding carboxylic acids is 1. The third kappa shape index (κ3) is 4.23. The number of hydrogen-bond donors (Lipinski definition) is 2. The van der Waals surface area contributed by atoms with Gasteiger partial charge in [-0.15, -0.1) is 10.2 Å². The van der Waals surface area contributed by atoms with E-state index in [4.69, 9.17) is 0 Å². The van der Waals surface area contributed by atoms with Crippen LogP contribution in [0.3, 0.4) is 0 Å². The molecule has 2 heterocycles. The molecule has 0 radical (unpaired) electrons. The molecule has 0 saturated carbocycles. The summed E-state index contributed by atoms with van der Waals surface area (Å²) >= 11 is 0. The van der Waals surface area contributed by atoms with Gasteiger partial charge in [-0.2, -0.15) is 0 Å². The van der Waals surface area contributed by atoms with E-state index in [0.29, 0.717) is 24.0 Å². The van der Waals surface area contributed by atoms with Crippen molar-refractivity contribution in [1.82, 2.24) is 25.1 Å². The van der Waals surface area contributed by atoms with E-state index in [2.05, 4.69) is 25.5 Å². The largest absolute Gasteiger partial charge is 0.306 e. The van der Waals surface area contributed by atoms with E-state index in [9.17, 15) is 4.79 Å². The molecule has 2 aromatic heterocycles. The van der Waals surface area contributed by atoms with Crippen LogP contribution in [0, 0.1) is 0 Å². The zero-order chi connectivity index (χ0) is 16.8. The monoisotopic (exact) mass is 322 g/mol. The van der Waals surface area contributed by atoms with Crippen LogP contribution in [0.2, 0.25) is 0 Å². The number of nitrogens with one attached hydrogen (secondary N) is 2. The fourth-order valence-electron chi connectivity index (χ4n) is 2.30. The second-order valence-electron chi connectivity index (χ2n) is 5.44. The molecule has 0 aliphatic carbocycles. The Labute approximate surface area is 139 Å². The topological polar surface area (TPSA) is 86.8 Å².